The summed E-state index contributed by atoms with van der Waals surface area (Å²) >= 11 is 0. The highest BCUT2D eigenvalue weighted by Crippen LogP contribution is 2.28. The Labute approximate surface area is 106 Å². The minimum absolute atomic E-state index is 0.0393. The SMILES string of the molecule is CC(c1ccccc1)c1cc(N)ccc1C(=O)[O-]. The van der Waals surface area contributed by atoms with E-state index in [4.69, 9.17) is 5.73 Å². The number of rotatable bonds is 3. The van der Waals surface area contributed by atoms with Crippen molar-refractivity contribution < 1.29 is 9.90 Å². The molecule has 3 heteroatoms. The van der Waals surface area contributed by atoms with Crippen LogP contribution in [0.2, 0.25) is 0 Å². The fourth-order valence-corrected chi connectivity index (χ4v) is 2.05. The third-order valence-electron chi connectivity index (χ3n) is 3.06. The molecule has 1 atom stereocenters. The Morgan fingerprint density at radius 2 is 1.83 bits per heavy atom. The van der Waals surface area contributed by atoms with Crippen molar-refractivity contribution in [3.05, 3.63) is 65.2 Å². The van der Waals surface area contributed by atoms with Crippen LogP contribution in [0.1, 0.15) is 34.3 Å². The van der Waals surface area contributed by atoms with Gasteiger partial charge in [0.1, 0.15) is 0 Å². The zero-order valence-corrected chi connectivity index (χ0v) is 10.1. The number of carbonyl (C=O) groups is 1. The molecule has 0 aliphatic rings. The molecule has 0 aliphatic carbocycles. The quantitative estimate of drug-likeness (QED) is 0.832. The van der Waals surface area contributed by atoms with E-state index in [-0.39, 0.29) is 11.5 Å². The molecular formula is C15H14NO2-. The summed E-state index contributed by atoms with van der Waals surface area (Å²) in [6.45, 7) is 1.95. The molecule has 0 spiro atoms. The second kappa shape index (κ2) is 4.92. The lowest BCUT2D eigenvalue weighted by atomic mass is 9.89. The summed E-state index contributed by atoms with van der Waals surface area (Å²) in [7, 11) is 0. The molecule has 0 heterocycles. The summed E-state index contributed by atoms with van der Waals surface area (Å²) in [6.07, 6.45) is 0. The van der Waals surface area contributed by atoms with Crippen molar-refractivity contribution >= 4 is 11.7 Å². The molecule has 2 aromatic carbocycles. The van der Waals surface area contributed by atoms with Crippen molar-refractivity contribution in [2.45, 2.75) is 12.8 Å². The first-order chi connectivity index (χ1) is 8.59. The highest BCUT2D eigenvalue weighted by Gasteiger charge is 2.13. The molecule has 0 aliphatic heterocycles. The molecule has 0 fully saturated rings. The third kappa shape index (κ3) is 2.35. The average molecular weight is 240 g/mol. The van der Waals surface area contributed by atoms with Gasteiger partial charge in [-0.25, -0.2) is 0 Å². The highest BCUT2D eigenvalue weighted by atomic mass is 16.4. The number of carbonyl (C=O) groups excluding carboxylic acids is 1. The van der Waals surface area contributed by atoms with Gasteiger partial charge in [-0.2, -0.15) is 0 Å². The van der Waals surface area contributed by atoms with Gasteiger partial charge >= 0.3 is 0 Å². The van der Waals surface area contributed by atoms with Crippen LogP contribution in [-0.2, 0) is 0 Å². The standard InChI is InChI=1S/C15H15NO2/c1-10(11-5-3-2-4-6-11)14-9-12(16)7-8-13(14)15(17)18/h2-10H,16H2,1H3,(H,17,18)/p-1. The van der Waals surface area contributed by atoms with Gasteiger partial charge < -0.3 is 15.6 Å². The lowest BCUT2D eigenvalue weighted by molar-refractivity contribution is -0.255. The van der Waals surface area contributed by atoms with E-state index in [0.717, 1.165) is 5.56 Å². The smallest absolute Gasteiger partial charge is 0.0718 e. The minimum atomic E-state index is -1.17. The second-order valence-corrected chi connectivity index (χ2v) is 4.27. The van der Waals surface area contributed by atoms with Gasteiger partial charge in [-0.1, -0.05) is 43.3 Å². The molecule has 0 radical (unpaired) electrons. The van der Waals surface area contributed by atoms with Crippen molar-refractivity contribution in [1.82, 2.24) is 0 Å². The molecule has 92 valence electrons. The molecule has 2 aromatic rings. The summed E-state index contributed by atoms with van der Waals surface area (Å²) < 4.78 is 0. The van der Waals surface area contributed by atoms with Crippen molar-refractivity contribution in [1.29, 1.82) is 0 Å². The topological polar surface area (TPSA) is 66.2 Å². The van der Waals surface area contributed by atoms with Gasteiger partial charge in [0.2, 0.25) is 0 Å². The normalized spacial score (nSPS) is 12.1. The lowest BCUT2D eigenvalue weighted by Gasteiger charge is -2.18. The van der Waals surface area contributed by atoms with Gasteiger partial charge in [0.15, 0.2) is 0 Å². The van der Waals surface area contributed by atoms with E-state index in [1.165, 1.54) is 6.07 Å². The van der Waals surface area contributed by atoms with Gasteiger partial charge in [-0.15, -0.1) is 0 Å². The monoisotopic (exact) mass is 240 g/mol. The molecule has 18 heavy (non-hydrogen) atoms. The first-order valence-corrected chi connectivity index (χ1v) is 5.75. The van der Waals surface area contributed by atoms with Crippen LogP contribution in [0.25, 0.3) is 0 Å². The van der Waals surface area contributed by atoms with Crippen molar-refractivity contribution in [3.8, 4) is 0 Å². The summed E-state index contributed by atoms with van der Waals surface area (Å²) in [4.78, 5) is 11.1. The average Bonchev–Trinajstić information content (AvgIpc) is 2.38. The molecule has 0 saturated heterocycles. The van der Waals surface area contributed by atoms with Crippen LogP contribution in [0, 0.1) is 0 Å². The molecule has 2 N–H and O–H groups in total. The molecule has 0 amide bonds. The Hall–Kier alpha value is -2.29. The fraction of sp³-hybridized carbons (Fsp3) is 0.133. The van der Waals surface area contributed by atoms with Gasteiger partial charge in [0.05, 0.1) is 5.97 Å². The van der Waals surface area contributed by atoms with Crippen LogP contribution in [-0.4, -0.2) is 5.97 Å². The van der Waals surface area contributed by atoms with Crippen LogP contribution in [0.15, 0.2) is 48.5 Å². The number of aromatic carboxylic acids is 1. The number of benzene rings is 2. The number of anilines is 1. The summed E-state index contributed by atoms with van der Waals surface area (Å²) in [5.41, 5.74) is 8.21. The minimum Gasteiger partial charge on any atom is -0.545 e. The van der Waals surface area contributed by atoms with Gasteiger partial charge in [-0.3, -0.25) is 0 Å². The molecule has 2 rings (SSSR count). The van der Waals surface area contributed by atoms with E-state index in [1.807, 2.05) is 37.3 Å². The highest BCUT2D eigenvalue weighted by molar-refractivity contribution is 5.88. The van der Waals surface area contributed by atoms with Crippen LogP contribution < -0.4 is 10.8 Å². The molecule has 3 nitrogen and oxygen atoms in total. The predicted molar refractivity (Wildman–Crippen MR) is 69.1 cm³/mol. The van der Waals surface area contributed by atoms with Crippen LogP contribution in [0.3, 0.4) is 0 Å². The molecule has 1 unspecified atom stereocenters. The number of nitrogen functional groups attached to an aromatic ring is 1. The van der Waals surface area contributed by atoms with Crippen LogP contribution in [0.5, 0.6) is 0 Å². The molecule has 0 bridgehead atoms. The third-order valence-corrected chi connectivity index (χ3v) is 3.06. The van der Waals surface area contributed by atoms with Gasteiger partial charge in [-0.05, 0) is 23.3 Å². The fourth-order valence-electron chi connectivity index (χ4n) is 2.05. The first-order valence-electron chi connectivity index (χ1n) is 5.75. The van der Waals surface area contributed by atoms with Crippen LogP contribution in [0.4, 0.5) is 5.69 Å². The Morgan fingerprint density at radius 3 is 2.44 bits per heavy atom. The lowest BCUT2D eigenvalue weighted by Crippen LogP contribution is -2.24. The first kappa shape index (κ1) is 12.2. The Balaban J connectivity index is 2.50. The van der Waals surface area contributed by atoms with E-state index in [1.54, 1.807) is 12.1 Å². The number of hydrogen-bond acceptors (Lipinski definition) is 3. The van der Waals surface area contributed by atoms with Crippen molar-refractivity contribution in [2.24, 2.45) is 0 Å². The second-order valence-electron chi connectivity index (χ2n) is 4.27. The van der Waals surface area contributed by atoms with E-state index < -0.39 is 5.97 Å². The maximum atomic E-state index is 11.1. The maximum Gasteiger partial charge on any atom is 0.0718 e. The Bertz CT molecular complexity index is 564. The zero-order chi connectivity index (χ0) is 13.1. The van der Waals surface area contributed by atoms with E-state index in [0.29, 0.717) is 11.3 Å². The zero-order valence-electron chi connectivity index (χ0n) is 10.1. The number of carboxylic acid groups (broad SMARTS) is 1. The van der Waals surface area contributed by atoms with E-state index >= 15 is 0 Å². The number of hydrogen-bond donors (Lipinski definition) is 1. The van der Waals surface area contributed by atoms with E-state index in [9.17, 15) is 9.90 Å². The van der Waals surface area contributed by atoms with Crippen molar-refractivity contribution in [2.75, 3.05) is 5.73 Å². The van der Waals surface area contributed by atoms with Gasteiger partial charge in [0.25, 0.3) is 0 Å². The molecule has 0 saturated carbocycles. The summed E-state index contributed by atoms with van der Waals surface area (Å²) in [5.74, 6) is -1.21. The van der Waals surface area contributed by atoms with Gasteiger partial charge in [0, 0.05) is 17.2 Å². The maximum absolute atomic E-state index is 11.1. The predicted octanol–water partition coefficient (Wildman–Crippen LogP) is 1.78. The Kier molecular flexibility index (Phi) is 3.33. The number of nitrogens with two attached hydrogens (primary N) is 1. The molecular weight excluding hydrogens is 226 g/mol. The van der Waals surface area contributed by atoms with E-state index in [2.05, 4.69) is 0 Å². The number of carboxylic acids is 1. The summed E-state index contributed by atoms with van der Waals surface area (Å²) in [6, 6.07) is 14.5. The Morgan fingerprint density at radius 1 is 1.17 bits per heavy atom. The molecule has 0 aromatic heterocycles. The van der Waals surface area contributed by atoms with Crippen LogP contribution >= 0.6 is 0 Å². The van der Waals surface area contributed by atoms with Crippen molar-refractivity contribution in [3.63, 3.8) is 0 Å². The largest absolute Gasteiger partial charge is 0.545 e. The summed E-state index contributed by atoms with van der Waals surface area (Å²) in [5, 5.41) is 11.1.